The van der Waals surface area contributed by atoms with Crippen LogP contribution in [0.2, 0.25) is 0 Å². The van der Waals surface area contributed by atoms with E-state index in [1.165, 1.54) is 12.8 Å². The standard InChI is InChI=1S/C16H22N2O2/c1-11-3-6-15(20-2)14(9-11)16(19)18-8-7-12-4-5-13(10-18)17-12/h3,6,9,12-13,17H,4-5,7-8,10H2,1-2H3. The molecule has 0 aromatic heterocycles. The second-order valence-electron chi connectivity index (χ2n) is 5.88. The molecule has 2 unspecified atom stereocenters. The molecule has 0 spiro atoms. The third-order valence-electron chi connectivity index (χ3n) is 4.40. The molecular weight excluding hydrogens is 252 g/mol. The van der Waals surface area contributed by atoms with E-state index in [9.17, 15) is 4.79 Å². The molecule has 2 bridgehead atoms. The topological polar surface area (TPSA) is 41.6 Å². The maximum Gasteiger partial charge on any atom is 0.257 e. The molecule has 108 valence electrons. The van der Waals surface area contributed by atoms with Gasteiger partial charge in [-0.3, -0.25) is 4.79 Å². The molecule has 0 saturated carbocycles. The van der Waals surface area contributed by atoms with Gasteiger partial charge in [0.15, 0.2) is 0 Å². The number of nitrogens with zero attached hydrogens (tertiary/aromatic N) is 1. The highest BCUT2D eigenvalue weighted by Crippen LogP contribution is 2.25. The van der Waals surface area contributed by atoms with Gasteiger partial charge in [-0.15, -0.1) is 0 Å². The molecule has 20 heavy (non-hydrogen) atoms. The number of hydrogen-bond donors (Lipinski definition) is 1. The Labute approximate surface area is 120 Å². The number of carbonyl (C=O) groups is 1. The minimum atomic E-state index is 0.0971. The zero-order valence-corrected chi connectivity index (χ0v) is 12.2. The Morgan fingerprint density at radius 1 is 1.30 bits per heavy atom. The maximum absolute atomic E-state index is 12.8. The number of hydrogen-bond acceptors (Lipinski definition) is 3. The second-order valence-corrected chi connectivity index (χ2v) is 5.88. The van der Waals surface area contributed by atoms with Gasteiger partial charge in [0.05, 0.1) is 12.7 Å². The number of likely N-dealkylation sites (tertiary alicyclic amines) is 1. The summed E-state index contributed by atoms with van der Waals surface area (Å²) in [5.41, 5.74) is 1.77. The van der Waals surface area contributed by atoms with Crippen molar-refractivity contribution in [3.8, 4) is 5.75 Å². The number of benzene rings is 1. The largest absolute Gasteiger partial charge is 0.496 e. The number of carbonyl (C=O) groups excluding carboxylic acids is 1. The Morgan fingerprint density at radius 2 is 2.10 bits per heavy atom. The van der Waals surface area contributed by atoms with Crippen LogP contribution in [-0.4, -0.2) is 43.1 Å². The first-order chi connectivity index (χ1) is 9.67. The number of nitrogens with one attached hydrogen (secondary N) is 1. The van der Waals surface area contributed by atoms with Crippen molar-refractivity contribution in [3.63, 3.8) is 0 Å². The molecule has 2 fully saturated rings. The van der Waals surface area contributed by atoms with Crippen LogP contribution < -0.4 is 10.1 Å². The Hall–Kier alpha value is -1.55. The fourth-order valence-electron chi connectivity index (χ4n) is 3.29. The SMILES string of the molecule is COc1ccc(C)cc1C(=O)N1CCC2CCC(C1)N2. The van der Waals surface area contributed by atoms with E-state index in [1.54, 1.807) is 7.11 Å². The van der Waals surface area contributed by atoms with E-state index >= 15 is 0 Å². The van der Waals surface area contributed by atoms with Crippen LogP contribution in [0.1, 0.15) is 35.2 Å². The van der Waals surface area contributed by atoms with Crippen LogP contribution >= 0.6 is 0 Å². The van der Waals surface area contributed by atoms with Gasteiger partial charge in [0.1, 0.15) is 5.75 Å². The minimum absolute atomic E-state index is 0.0971. The number of ether oxygens (including phenoxy) is 1. The molecule has 2 aliphatic rings. The van der Waals surface area contributed by atoms with Gasteiger partial charge in [-0.1, -0.05) is 11.6 Å². The van der Waals surface area contributed by atoms with Crippen LogP contribution in [0.4, 0.5) is 0 Å². The number of rotatable bonds is 2. The van der Waals surface area contributed by atoms with Gasteiger partial charge in [0, 0.05) is 25.2 Å². The summed E-state index contributed by atoms with van der Waals surface area (Å²) >= 11 is 0. The second kappa shape index (κ2) is 5.44. The Bertz CT molecular complexity index is 515. The molecule has 4 nitrogen and oxygen atoms in total. The Balaban J connectivity index is 1.83. The lowest BCUT2D eigenvalue weighted by molar-refractivity contribution is 0.0744. The van der Waals surface area contributed by atoms with Crippen molar-refractivity contribution in [1.29, 1.82) is 0 Å². The molecule has 2 aliphatic heterocycles. The van der Waals surface area contributed by atoms with E-state index in [0.29, 0.717) is 23.4 Å². The predicted octanol–water partition coefficient (Wildman–Crippen LogP) is 1.97. The van der Waals surface area contributed by atoms with E-state index in [4.69, 9.17) is 4.74 Å². The summed E-state index contributed by atoms with van der Waals surface area (Å²) in [7, 11) is 1.62. The molecule has 4 heteroatoms. The van der Waals surface area contributed by atoms with Crippen molar-refractivity contribution in [2.24, 2.45) is 0 Å². The van der Waals surface area contributed by atoms with Crippen molar-refractivity contribution in [3.05, 3.63) is 29.3 Å². The van der Waals surface area contributed by atoms with E-state index in [1.807, 2.05) is 30.0 Å². The van der Waals surface area contributed by atoms with Crippen molar-refractivity contribution in [2.75, 3.05) is 20.2 Å². The highest BCUT2D eigenvalue weighted by molar-refractivity contribution is 5.97. The smallest absolute Gasteiger partial charge is 0.257 e. The molecule has 0 aliphatic carbocycles. The van der Waals surface area contributed by atoms with E-state index in [0.717, 1.165) is 25.1 Å². The summed E-state index contributed by atoms with van der Waals surface area (Å²) in [6.07, 6.45) is 3.48. The third kappa shape index (κ3) is 2.52. The highest BCUT2D eigenvalue weighted by Gasteiger charge is 2.32. The van der Waals surface area contributed by atoms with Gasteiger partial charge < -0.3 is 15.0 Å². The summed E-state index contributed by atoms with van der Waals surface area (Å²) in [4.78, 5) is 14.8. The lowest BCUT2D eigenvalue weighted by Crippen LogP contribution is -2.39. The molecule has 2 saturated heterocycles. The average Bonchev–Trinajstić information content (AvgIpc) is 2.77. The minimum Gasteiger partial charge on any atom is -0.496 e. The normalized spacial score (nSPS) is 25.4. The molecular formula is C16H22N2O2. The molecule has 1 aromatic rings. The first-order valence-electron chi connectivity index (χ1n) is 7.37. The predicted molar refractivity (Wildman–Crippen MR) is 78.2 cm³/mol. The monoisotopic (exact) mass is 274 g/mol. The van der Waals surface area contributed by atoms with Crippen LogP contribution in [-0.2, 0) is 0 Å². The molecule has 3 rings (SSSR count). The van der Waals surface area contributed by atoms with Crippen LogP contribution in [0.15, 0.2) is 18.2 Å². The zero-order valence-electron chi connectivity index (χ0n) is 12.2. The number of amides is 1. The maximum atomic E-state index is 12.8. The van der Waals surface area contributed by atoms with Crippen LogP contribution in [0.3, 0.4) is 0 Å². The summed E-state index contributed by atoms with van der Waals surface area (Å²) in [5, 5.41) is 3.60. The van der Waals surface area contributed by atoms with Crippen molar-refractivity contribution in [1.82, 2.24) is 10.2 Å². The third-order valence-corrected chi connectivity index (χ3v) is 4.40. The van der Waals surface area contributed by atoms with Gasteiger partial charge in [-0.2, -0.15) is 0 Å². The molecule has 2 atom stereocenters. The fourth-order valence-corrected chi connectivity index (χ4v) is 3.29. The zero-order chi connectivity index (χ0) is 14.1. The van der Waals surface area contributed by atoms with Crippen LogP contribution in [0.25, 0.3) is 0 Å². The molecule has 1 aromatic carbocycles. The van der Waals surface area contributed by atoms with Crippen LogP contribution in [0, 0.1) is 6.92 Å². The van der Waals surface area contributed by atoms with E-state index < -0.39 is 0 Å². The molecule has 0 radical (unpaired) electrons. The van der Waals surface area contributed by atoms with Gasteiger partial charge in [0.2, 0.25) is 0 Å². The first-order valence-corrected chi connectivity index (χ1v) is 7.37. The summed E-state index contributed by atoms with van der Waals surface area (Å²) < 4.78 is 5.34. The molecule has 1 N–H and O–H groups in total. The van der Waals surface area contributed by atoms with Crippen LogP contribution in [0.5, 0.6) is 5.75 Å². The Morgan fingerprint density at radius 3 is 2.90 bits per heavy atom. The summed E-state index contributed by atoms with van der Waals surface area (Å²) in [6, 6.07) is 6.84. The first kappa shape index (κ1) is 13.4. The van der Waals surface area contributed by atoms with Crippen molar-refractivity contribution in [2.45, 2.75) is 38.3 Å². The highest BCUT2D eigenvalue weighted by atomic mass is 16.5. The number of methoxy groups -OCH3 is 1. The van der Waals surface area contributed by atoms with Crippen molar-refractivity contribution >= 4 is 5.91 Å². The van der Waals surface area contributed by atoms with Crippen molar-refractivity contribution < 1.29 is 9.53 Å². The lowest BCUT2D eigenvalue weighted by atomic mass is 10.1. The van der Waals surface area contributed by atoms with Gasteiger partial charge in [-0.05, 0) is 38.3 Å². The fraction of sp³-hybridized carbons (Fsp3) is 0.562. The molecule has 1 amide bonds. The van der Waals surface area contributed by atoms with Gasteiger partial charge >= 0.3 is 0 Å². The number of aryl methyl sites for hydroxylation is 1. The average molecular weight is 274 g/mol. The van der Waals surface area contributed by atoms with E-state index in [2.05, 4.69) is 5.32 Å². The quantitative estimate of drug-likeness (QED) is 0.896. The Kier molecular flexibility index (Phi) is 3.66. The summed E-state index contributed by atoms with van der Waals surface area (Å²) in [5.74, 6) is 0.767. The number of fused-ring (bicyclic) bond motifs is 2. The summed E-state index contributed by atoms with van der Waals surface area (Å²) in [6.45, 7) is 3.65. The van der Waals surface area contributed by atoms with Gasteiger partial charge in [-0.25, -0.2) is 0 Å². The van der Waals surface area contributed by atoms with Gasteiger partial charge in [0.25, 0.3) is 5.91 Å². The van der Waals surface area contributed by atoms with E-state index in [-0.39, 0.29) is 5.91 Å². The lowest BCUT2D eigenvalue weighted by Gasteiger charge is -2.25. The molecule has 2 heterocycles.